The Hall–Kier alpha value is -4.32. The van der Waals surface area contributed by atoms with Gasteiger partial charge in [-0.15, -0.1) is 23.5 Å². The van der Waals surface area contributed by atoms with E-state index in [0.29, 0.717) is 0 Å². The van der Waals surface area contributed by atoms with E-state index < -0.39 is 155 Å². The summed E-state index contributed by atoms with van der Waals surface area (Å²) in [5.74, 6) is -0.213. The number of aromatic amines is 2. The molecule has 38 nitrogen and oxygen atoms in total. The van der Waals surface area contributed by atoms with Crippen LogP contribution in [0.2, 0.25) is 18.1 Å². The number of halogens is 2. The summed E-state index contributed by atoms with van der Waals surface area (Å²) in [5, 5.41) is 7.59. The number of phosphoric ester groups is 2. The number of aliphatic hydroxyl groups excluding tert-OH is 1. The summed E-state index contributed by atoms with van der Waals surface area (Å²) in [5.41, 5.74) is 15.9. The third kappa shape index (κ3) is 14.9. The summed E-state index contributed by atoms with van der Waals surface area (Å²) in [6.45, 7) is 8.33. The molecule has 8 aromatic rings. The second-order valence-electron chi connectivity index (χ2n) is 24.0. The van der Waals surface area contributed by atoms with E-state index in [-0.39, 0.29) is 101 Å². The maximum absolute atomic E-state index is 16.4. The van der Waals surface area contributed by atoms with Gasteiger partial charge >= 0.3 is 15.6 Å². The van der Waals surface area contributed by atoms with Gasteiger partial charge in [0.05, 0.1) is 74.4 Å². The molecule has 14 heterocycles. The summed E-state index contributed by atoms with van der Waals surface area (Å²) < 4.78 is 130. The number of rotatable bonds is 6. The smallest absolute Gasteiger partial charge is 0.410 e. The van der Waals surface area contributed by atoms with Gasteiger partial charge in [-0.3, -0.25) is 55.9 Å². The number of nitrogens with zero attached hydrogens (tertiary/aromatic N) is 14. The maximum atomic E-state index is 16.4. The molecule has 0 aliphatic carbocycles. The third-order valence-corrected chi connectivity index (χ3v) is 30.7. The van der Waals surface area contributed by atoms with E-state index >= 15 is 8.78 Å². The monoisotopic (exact) mass is 1590 g/mol. The number of anilines is 4. The van der Waals surface area contributed by atoms with E-state index in [0.717, 1.165) is 11.8 Å². The van der Waals surface area contributed by atoms with E-state index in [1.54, 1.807) is 0 Å². The fraction of sp³-hybridized carbons (Fsp3) is 0.583. The first-order valence-corrected chi connectivity index (χ1v) is 44.1. The molecule has 6 saturated heterocycles. The van der Waals surface area contributed by atoms with Gasteiger partial charge in [-0.05, 0) is 41.7 Å². The molecule has 542 valence electrons. The lowest BCUT2D eigenvalue weighted by molar-refractivity contribution is -0.0486. The van der Waals surface area contributed by atoms with E-state index in [4.69, 9.17) is 96.6 Å². The second kappa shape index (κ2) is 28.3. The van der Waals surface area contributed by atoms with Gasteiger partial charge in [0, 0.05) is 0 Å². The van der Waals surface area contributed by atoms with Crippen molar-refractivity contribution in [3.05, 3.63) is 58.7 Å². The van der Waals surface area contributed by atoms with Gasteiger partial charge in [-0.25, -0.2) is 57.8 Å². The first-order valence-electron chi connectivity index (χ1n) is 28.8. The van der Waals surface area contributed by atoms with Gasteiger partial charge in [0.25, 0.3) is 11.1 Å². The molecule has 99 heavy (non-hydrogen) atoms. The lowest BCUT2D eigenvalue weighted by Crippen LogP contribution is -2.50. The fourth-order valence-electron chi connectivity index (χ4n) is 11.2. The lowest BCUT2D eigenvalue weighted by Gasteiger charge is -2.41. The Morgan fingerprint density at radius 2 is 1.01 bits per heavy atom. The van der Waals surface area contributed by atoms with Crippen LogP contribution in [0.15, 0.2) is 47.6 Å². The number of phosphoric acid groups is 2. The van der Waals surface area contributed by atoms with Crippen LogP contribution in [-0.4, -0.2) is 199 Å². The van der Waals surface area contributed by atoms with Gasteiger partial charge in [-0.2, -0.15) is 9.97 Å². The minimum atomic E-state index is -5.00. The molecule has 0 aromatic carbocycles. The predicted octanol–water partition coefficient (Wildman–Crippen LogP) is 5.11. The fourth-order valence-corrected chi connectivity index (χ4v) is 21.8. The molecule has 4 bridgehead atoms. The molecule has 0 spiro atoms. The summed E-state index contributed by atoms with van der Waals surface area (Å²) in [6, 6.07) is 0. The van der Waals surface area contributed by atoms with Gasteiger partial charge < -0.3 is 69.8 Å². The molecule has 51 heteroatoms. The minimum Gasteiger partial charge on any atom is -0.410 e. The Labute approximate surface area is 589 Å². The molecule has 0 saturated carbocycles. The molecule has 13 N–H and O–H groups in total. The number of hydrogen-bond donors (Lipinski definition) is 11. The van der Waals surface area contributed by atoms with Crippen molar-refractivity contribution in [3.8, 4) is 0 Å². The van der Waals surface area contributed by atoms with Crippen molar-refractivity contribution in [1.29, 1.82) is 0 Å². The zero-order chi connectivity index (χ0) is 69.4. The number of hydrogen-bond acceptors (Lipinski definition) is 34. The summed E-state index contributed by atoms with van der Waals surface area (Å²) in [4.78, 5) is 92.9. The molecule has 0 radical (unpaired) electrons. The Morgan fingerprint density at radius 3 is 1.46 bits per heavy atom. The van der Waals surface area contributed by atoms with E-state index in [1.807, 2.05) is 33.9 Å². The van der Waals surface area contributed by atoms with Crippen LogP contribution in [0.25, 0.3) is 44.7 Å². The Bertz CT molecular complexity index is 4700. The predicted molar refractivity (Wildman–Crippen MR) is 374 cm³/mol. The first kappa shape index (κ1) is 75.8. The van der Waals surface area contributed by atoms with Crippen LogP contribution in [0.4, 0.5) is 32.3 Å². The zero-order valence-corrected chi connectivity index (χ0v) is 60.3. The van der Waals surface area contributed by atoms with Crippen molar-refractivity contribution in [3.63, 3.8) is 0 Å². The zero-order valence-electron chi connectivity index (χ0n) is 50.6. The van der Waals surface area contributed by atoms with Gasteiger partial charge in [0.1, 0.15) is 71.1 Å². The normalized spacial score (nSPS) is 35.5. The summed E-state index contributed by atoms with van der Waals surface area (Å²) in [7, 11) is -12.6. The van der Waals surface area contributed by atoms with Crippen LogP contribution >= 0.6 is 75.1 Å². The first-order chi connectivity index (χ1) is 45.6. The number of fused-ring (bicyclic) bond motifs is 10. The molecule has 6 aliphatic rings. The number of nitrogen functional groups attached to an aromatic ring is 4. The quantitative estimate of drug-likeness (QED) is 0.0585. The highest BCUT2D eigenvalue weighted by molar-refractivity contribution is 8.60. The van der Waals surface area contributed by atoms with Crippen LogP contribution in [-0.2, 0) is 82.8 Å². The third-order valence-electron chi connectivity index (χ3n) is 16.8. The number of aromatic nitrogens is 16. The van der Waals surface area contributed by atoms with Crippen molar-refractivity contribution < 1.29 is 82.9 Å². The van der Waals surface area contributed by atoms with Crippen LogP contribution in [0.5, 0.6) is 0 Å². The number of nitrogens with one attached hydrogen (secondary N) is 2. The van der Waals surface area contributed by atoms with E-state index in [2.05, 4.69) is 84.3 Å². The average Bonchev–Trinajstić information content (AvgIpc) is 1.63. The SMILES string of the molecule is C.C.CC(C)(C)[Si](C)(C)O[C@H]1[C@H]2OP(=O)(O)OC[C@H]3O[C@@H](n4cnc5c(N)ncnc54)[C@@H](F)[C@@H]3OP(=S)(S)OC[C@H]1S[C@H]2n1cnc2c(=O)[nH]c(N)nc21.Nc1nc2c(ncn2[C@@H]2S[C@@H]3COP(=S)(S)O[C@H]4[C@H](F)[C@H](n5cnc6c(N)ncnc65)O[C@@H]4COP(=O)(O)O[C@@H]2[C@@H]3O)c(=O)[nH]1. The van der Waals surface area contributed by atoms with Gasteiger partial charge in [0.15, 0.2) is 78.4 Å². The highest BCUT2D eigenvalue weighted by Crippen LogP contribution is 2.63. The van der Waals surface area contributed by atoms with Crippen molar-refractivity contribution in [2.45, 2.75) is 149 Å². The van der Waals surface area contributed by atoms with E-state index in [1.165, 1.54) is 68.0 Å². The van der Waals surface area contributed by atoms with Crippen LogP contribution in [0, 0.1) is 0 Å². The summed E-state index contributed by atoms with van der Waals surface area (Å²) in [6.07, 6.45) is -9.68. The molecular formula is C48H68F2N20O18P4S6Si. The molecule has 0 amide bonds. The largest absolute Gasteiger partial charge is 0.472 e. The second-order valence-corrected chi connectivity index (χ2v) is 44.8. The number of H-pyrrole nitrogens is 2. The number of thioether (sulfide) groups is 2. The van der Waals surface area contributed by atoms with Gasteiger partial charge in [-0.1, -0.05) is 60.1 Å². The summed E-state index contributed by atoms with van der Waals surface area (Å²) >= 11 is 22.4. The number of nitrogens with two attached hydrogens (primary N) is 4. The minimum absolute atomic E-state index is 0. The number of thiol groups is 2. The Balaban J connectivity index is 0.000000198. The maximum Gasteiger partial charge on any atom is 0.472 e. The van der Waals surface area contributed by atoms with Crippen molar-refractivity contribution >= 4 is 175 Å². The van der Waals surface area contributed by atoms with Crippen molar-refractivity contribution in [2.24, 2.45) is 0 Å². The average molecular weight is 1600 g/mol. The van der Waals surface area contributed by atoms with Crippen LogP contribution < -0.4 is 34.1 Å². The van der Waals surface area contributed by atoms with Crippen molar-refractivity contribution in [1.82, 2.24) is 78.1 Å². The number of alkyl halides is 2. The number of aliphatic hydroxyl groups is 1. The number of imidazole rings is 4. The van der Waals surface area contributed by atoms with Crippen LogP contribution in [0.3, 0.4) is 0 Å². The van der Waals surface area contributed by atoms with E-state index in [9.17, 15) is 33.6 Å². The Morgan fingerprint density at radius 1 is 0.606 bits per heavy atom. The standard InChI is InChI=1S/C26H37FN10O9P2S3Si.C20H23FN10O9P2S3.2CH4/c1-26(2,3)52(4,5)46-17-12-7-42-48(49,50)45-16-11(43-23(13(16)27)36-9-32-14-19(28)30-8-31-20(14)36)6-41-47(39,40)44-18(17)24(51-12)37-10-33-15-21(37)34-25(29)35-22(15)38;21-8-12-6(38-18(8)30-4-26-9-14(22)24-3-25-15(9)30)1-36-41(34,35)39-13-11(32)7(2-37-42(43,44)40-12)45-19(13)31-5-27-10-16(31)28-20(23)29-17(10)33;;/h8-13,16-18,23-24H,6-7H2,1-5H3,(H,39,40)(H,49,50)(H2,28,30,31)(H3,29,34,35,38);3-8,11-13,18-19,32H,1-2H2,(H,34,35)(H,43,44)(H2,22,24,25)(H3,23,28,29,33);2*1H4/t11-,12-,13+,16-,17-,18-,23-,24-;6-,7-,8+,11-,12-,13-,18-,19-;;/m11../s1. The molecule has 6 aliphatic heterocycles. The van der Waals surface area contributed by atoms with Crippen molar-refractivity contribution in [2.75, 3.05) is 49.4 Å². The Kier molecular flexibility index (Phi) is 21.7. The molecule has 8 aromatic heterocycles. The topological polar surface area (TPSA) is 515 Å². The molecule has 20 atom stereocenters. The highest BCUT2D eigenvalue weighted by Gasteiger charge is 2.58. The molecule has 14 rings (SSSR count). The van der Waals surface area contributed by atoms with Crippen LogP contribution in [0.1, 0.15) is 58.8 Å². The highest BCUT2D eigenvalue weighted by atomic mass is 32.9. The lowest BCUT2D eigenvalue weighted by atomic mass is 10.1. The molecule has 4 unspecified atom stereocenters. The molecule has 6 fully saturated rings. The number of ether oxygens (including phenoxy) is 2. The molecular weight excluding hydrogens is 1530 g/mol. The van der Waals surface area contributed by atoms with Gasteiger partial charge in [0.2, 0.25) is 23.3 Å².